The third-order valence-corrected chi connectivity index (χ3v) is 5.53. The Kier molecular flexibility index (Phi) is 4.37. The van der Waals surface area contributed by atoms with Crippen LogP contribution in [0.25, 0.3) is 0 Å². The number of unbranched alkanes of at least 4 members (excludes halogenated alkanes) is 1. The lowest BCUT2D eigenvalue weighted by molar-refractivity contribution is -0.185. The first-order valence-electron chi connectivity index (χ1n) is 6.36. The molecule has 0 saturated heterocycles. The first-order chi connectivity index (χ1) is 8.23. The highest BCUT2D eigenvalue weighted by molar-refractivity contribution is 6.79. The standard InChI is InChI=1S/C13H22O4Si/c1-6-7-8-11-9-12(15)17-13(11,16-10(2)14)18(3,4)5/h9H,6-8H2,1-5H3. The maximum atomic E-state index is 11.6. The van der Waals surface area contributed by atoms with Crippen molar-refractivity contribution in [2.24, 2.45) is 0 Å². The van der Waals surface area contributed by atoms with Gasteiger partial charge >= 0.3 is 11.9 Å². The van der Waals surface area contributed by atoms with Crippen LogP contribution < -0.4 is 0 Å². The monoisotopic (exact) mass is 270 g/mol. The maximum Gasteiger partial charge on any atom is 0.334 e. The molecule has 0 saturated carbocycles. The summed E-state index contributed by atoms with van der Waals surface area (Å²) in [5.74, 6) is -0.806. The average Bonchev–Trinajstić information content (AvgIpc) is 2.51. The Bertz CT molecular complexity index is 381. The molecule has 0 aromatic rings. The van der Waals surface area contributed by atoms with Gasteiger partial charge in [0.2, 0.25) is 0 Å². The van der Waals surface area contributed by atoms with E-state index in [9.17, 15) is 9.59 Å². The van der Waals surface area contributed by atoms with E-state index in [1.165, 1.54) is 13.0 Å². The van der Waals surface area contributed by atoms with Gasteiger partial charge in [-0.2, -0.15) is 0 Å². The number of carbonyl (C=O) groups excluding carboxylic acids is 2. The molecule has 102 valence electrons. The van der Waals surface area contributed by atoms with Gasteiger partial charge < -0.3 is 9.47 Å². The first-order valence-corrected chi connectivity index (χ1v) is 9.86. The third kappa shape index (κ3) is 2.83. The van der Waals surface area contributed by atoms with E-state index in [4.69, 9.17) is 9.47 Å². The summed E-state index contributed by atoms with van der Waals surface area (Å²) >= 11 is 0. The molecule has 0 amide bonds. The minimum Gasteiger partial charge on any atom is -0.423 e. The highest BCUT2D eigenvalue weighted by atomic mass is 28.3. The maximum absolute atomic E-state index is 11.6. The fourth-order valence-corrected chi connectivity index (χ4v) is 4.17. The van der Waals surface area contributed by atoms with Crippen LogP contribution in [0.1, 0.15) is 33.1 Å². The molecular weight excluding hydrogens is 248 g/mol. The van der Waals surface area contributed by atoms with E-state index in [1.54, 1.807) is 0 Å². The molecule has 1 unspecified atom stereocenters. The minimum atomic E-state index is -2.05. The van der Waals surface area contributed by atoms with Crippen LogP contribution in [0.15, 0.2) is 11.6 Å². The van der Waals surface area contributed by atoms with E-state index in [0.717, 1.165) is 24.8 Å². The molecule has 0 aliphatic carbocycles. The summed E-state index contributed by atoms with van der Waals surface area (Å²) in [7, 11) is -2.05. The van der Waals surface area contributed by atoms with Crippen LogP contribution in [0.3, 0.4) is 0 Å². The fourth-order valence-electron chi connectivity index (χ4n) is 2.15. The van der Waals surface area contributed by atoms with Crippen molar-refractivity contribution in [2.45, 2.75) is 58.2 Å². The van der Waals surface area contributed by atoms with Gasteiger partial charge in [0.25, 0.3) is 5.41 Å². The summed E-state index contributed by atoms with van der Waals surface area (Å²) in [6.07, 6.45) is 4.21. The second-order valence-corrected chi connectivity index (χ2v) is 10.8. The molecule has 0 N–H and O–H groups in total. The molecular formula is C13H22O4Si. The molecule has 1 rings (SSSR count). The van der Waals surface area contributed by atoms with E-state index in [1.807, 2.05) is 19.6 Å². The normalized spacial score (nSPS) is 23.6. The summed E-state index contributed by atoms with van der Waals surface area (Å²) < 4.78 is 10.9. The van der Waals surface area contributed by atoms with Gasteiger partial charge in [-0.25, -0.2) is 4.79 Å². The summed E-state index contributed by atoms with van der Waals surface area (Å²) in [6, 6.07) is 0. The quantitative estimate of drug-likeness (QED) is 0.569. The van der Waals surface area contributed by atoms with Gasteiger partial charge in [-0.3, -0.25) is 4.79 Å². The van der Waals surface area contributed by atoms with Crippen LogP contribution in [0.2, 0.25) is 19.6 Å². The molecule has 0 spiro atoms. The summed E-state index contributed by atoms with van der Waals surface area (Å²) in [5.41, 5.74) is -0.283. The molecule has 0 aromatic heterocycles. The molecule has 5 heteroatoms. The SMILES string of the molecule is CCCCC1=CC(=O)OC1(OC(C)=O)[Si](C)(C)C. The second kappa shape index (κ2) is 5.26. The van der Waals surface area contributed by atoms with Gasteiger partial charge in [-0.1, -0.05) is 33.0 Å². The third-order valence-electron chi connectivity index (χ3n) is 3.03. The van der Waals surface area contributed by atoms with E-state index in [-0.39, 0.29) is 0 Å². The molecule has 1 aliphatic rings. The number of carbonyl (C=O) groups is 2. The Morgan fingerprint density at radius 3 is 2.50 bits per heavy atom. The van der Waals surface area contributed by atoms with Crippen LogP contribution >= 0.6 is 0 Å². The molecule has 18 heavy (non-hydrogen) atoms. The van der Waals surface area contributed by atoms with Gasteiger partial charge in [0.1, 0.15) is 0 Å². The average molecular weight is 270 g/mol. The molecule has 4 nitrogen and oxygen atoms in total. The summed E-state index contributed by atoms with van der Waals surface area (Å²) in [6.45, 7) is 9.54. The zero-order chi connectivity index (χ0) is 14.0. The van der Waals surface area contributed by atoms with E-state index < -0.39 is 25.4 Å². The lowest BCUT2D eigenvalue weighted by atomic mass is 10.1. The number of cyclic esters (lactones) is 1. The highest BCUT2D eigenvalue weighted by Crippen LogP contribution is 2.40. The van der Waals surface area contributed by atoms with Crippen molar-refractivity contribution in [1.82, 2.24) is 0 Å². The Morgan fingerprint density at radius 1 is 1.44 bits per heavy atom. The predicted octanol–water partition coefficient (Wildman–Crippen LogP) is 2.80. The van der Waals surface area contributed by atoms with Crippen LogP contribution in [-0.2, 0) is 19.1 Å². The minimum absolute atomic E-state index is 0.398. The van der Waals surface area contributed by atoms with Gasteiger partial charge in [0, 0.05) is 18.6 Å². The largest absolute Gasteiger partial charge is 0.423 e. The molecule has 0 radical (unpaired) electrons. The van der Waals surface area contributed by atoms with Crippen molar-refractivity contribution < 1.29 is 19.1 Å². The van der Waals surface area contributed by atoms with Gasteiger partial charge in [-0.15, -0.1) is 0 Å². The van der Waals surface area contributed by atoms with Crippen LogP contribution in [-0.4, -0.2) is 25.4 Å². The lowest BCUT2D eigenvalue weighted by Crippen LogP contribution is -2.57. The van der Waals surface area contributed by atoms with Crippen molar-refractivity contribution >= 4 is 20.0 Å². The number of rotatable bonds is 5. The van der Waals surface area contributed by atoms with E-state index >= 15 is 0 Å². The summed E-state index contributed by atoms with van der Waals surface area (Å²) in [5, 5.41) is 0. The number of hydrogen-bond donors (Lipinski definition) is 0. The van der Waals surface area contributed by atoms with Crippen LogP contribution in [0, 0.1) is 0 Å². The number of hydrogen-bond acceptors (Lipinski definition) is 4. The van der Waals surface area contributed by atoms with E-state index in [2.05, 4.69) is 6.92 Å². The van der Waals surface area contributed by atoms with Gasteiger partial charge in [0.15, 0.2) is 8.07 Å². The Balaban J connectivity index is 3.12. The fraction of sp³-hybridized carbons (Fsp3) is 0.692. The number of ether oxygens (including phenoxy) is 2. The molecule has 1 heterocycles. The van der Waals surface area contributed by atoms with E-state index in [0.29, 0.717) is 0 Å². The van der Waals surface area contributed by atoms with Crippen molar-refractivity contribution in [3.63, 3.8) is 0 Å². The molecule has 1 aliphatic heterocycles. The lowest BCUT2D eigenvalue weighted by Gasteiger charge is -2.39. The zero-order valence-electron chi connectivity index (χ0n) is 11.8. The zero-order valence-corrected chi connectivity index (χ0v) is 12.8. The molecule has 0 bridgehead atoms. The highest BCUT2D eigenvalue weighted by Gasteiger charge is 2.55. The Hall–Kier alpha value is -1.10. The van der Waals surface area contributed by atoms with Crippen molar-refractivity contribution in [3.8, 4) is 0 Å². The Morgan fingerprint density at radius 2 is 2.06 bits per heavy atom. The van der Waals surface area contributed by atoms with Crippen molar-refractivity contribution in [2.75, 3.05) is 0 Å². The van der Waals surface area contributed by atoms with Gasteiger partial charge in [-0.05, 0) is 12.8 Å². The first kappa shape index (κ1) is 15.0. The number of esters is 2. The van der Waals surface area contributed by atoms with Crippen LogP contribution in [0.5, 0.6) is 0 Å². The predicted molar refractivity (Wildman–Crippen MR) is 71.5 cm³/mol. The molecule has 1 atom stereocenters. The van der Waals surface area contributed by atoms with Crippen molar-refractivity contribution in [1.29, 1.82) is 0 Å². The van der Waals surface area contributed by atoms with Gasteiger partial charge in [0.05, 0.1) is 0 Å². The summed E-state index contributed by atoms with van der Waals surface area (Å²) in [4.78, 5) is 23.0. The molecule has 0 aromatic carbocycles. The topological polar surface area (TPSA) is 52.6 Å². The smallest absolute Gasteiger partial charge is 0.334 e. The van der Waals surface area contributed by atoms with Crippen molar-refractivity contribution in [3.05, 3.63) is 11.6 Å². The van der Waals surface area contributed by atoms with Crippen LogP contribution in [0.4, 0.5) is 0 Å². The second-order valence-electron chi connectivity index (χ2n) is 5.65. The molecule has 0 fully saturated rings. The Labute approximate surface area is 109 Å².